The zero-order valence-electron chi connectivity index (χ0n) is 8.62. The predicted molar refractivity (Wildman–Crippen MR) is 59.3 cm³/mol. The molecule has 0 aromatic carbocycles. The van der Waals surface area contributed by atoms with Crippen LogP contribution < -0.4 is 0 Å². The zero-order chi connectivity index (χ0) is 11.3. The van der Waals surface area contributed by atoms with Crippen LogP contribution in [0.15, 0.2) is 0 Å². The van der Waals surface area contributed by atoms with Gasteiger partial charge in [0.05, 0.1) is 5.75 Å². The van der Waals surface area contributed by atoms with Gasteiger partial charge in [0.2, 0.25) is 15.3 Å². The Morgan fingerprint density at radius 2 is 1.80 bits per heavy atom. The minimum atomic E-state index is -3.16. The molecule has 0 unspecified atom stereocenters. The summed E-state index contributed by atoms with van der Waals surface area (Å²) in [5, 5.41) is -0.469. The molecular formula is C9H16ClNO3S. The van der Waals surface area contributed by atoms with Crippen LogP contribution in [0.2, 0.25) is 0 Å². The predicted octanol–water partition coefficient (Wildman–Crippen LogP) is 1.35. The maximum absolute atomic E-state index is 11.7. The van der Waals surface area contributed by atoms with E-state index in [4.69, 9.17) is 11.6 Å². The Hall–Kier alpha value is -0.130. The second kappa shape index (κ2) is 5.82. The maximum Gasteiger partial charge on any atom is 0.221 e. The van der Waals surface area contributed by atoms with E-state index < -0.39 is 15.3 Å². The van der Waals surface area contributed by atoms with Crippen molar-refractivity contribution in [2.45, 2.75) is 32.1 Å². The molecule has 0 aromatic heterocycles. The van der Waals surface area contributed by atoms with Crippen LogP contribution >= 0.6 is 11.6 Å². The fourth-order valence-electron chi connectivity index (χ4n) is 1.67. The van der Waals surface area contributed by atoms with E-state index in [1.807, 2.05) is 0 Å². The Morgan fingerprint density at radius 1 is 1.20 bits per heavy atom. The van der Waals surface area contributed by atoms with Gasteiger partial charge < -0.3 is 0 Å². The number of carbonyl (C=O) groups excluding carboxylic acids is 1. The van der Waals surface area contributed by atoms with Crippen LogP contribution in [-0.4, -0.2) is 36.8 Å². The Labute approximate surface area is 95.6 Å². The first kappa shape index (κ1) is 12.9. The molecule has 0 amide bonds. The molecule has 15 heavy (non-hydrogen) atoms. The highest BCUT2D eigenvalue weighted by atomic mass is 35.5. The number of sulfonamides is 1. The van der Waals surface area contributed by atoms with Crippen LogP contribution in [0.4, 0.5) is 0 Å². The fraction of sp³-hybridized carbons (Fsp3) is 0.889. The zero-order valence-corrected chi connectivity index (χ0v) is 10.2. The molecule has 4 nitrogen and oxygen atoms in total. The first-order valence-corrected chi connectivity index (χ1v) is 7.17. The van der Waals surface area contributed by atoms with Crippen molar-refractivity contribution < 1.29 is 13.2 Å². The van der Waals surface area contributed by atoms with Crippen LogP contribution in [0, 0.1) is 0 Å². The van der Waals surface area contributed by atoms with Gasteiger partial charge in [-0.1, -0.05) is 6.42 Å². The molecule has 0 bridgehead atoms. The lowest BCUT2D eigenvalue weighted by Gasteiger charge is -2.25. The lowest BCUT2D eigenvalue weighted by molar-refractivity contribution is -0.111. The second-order valence-corrected chi connectivity index (χ2v) is 6.24. The van der Waals surface area contributed by atoms with Gasteiger partial charge >= 0.3 is 0 Å². The number of piperidine rings is 1. The molecule has 1 aliphatic heterocycles. The number of rotatable bonds is 5. The Bertz CT molecular complexity index is 309. The summed E-state index contributed by atoms with van der Waals surface area (Å²) in [7, 11) is -3.16. The van der Waals surface area contributed by atoms with Crippen molar-refractivity contribution in [1.82, 2.24) is 4.31 Å². The number of halogens is 1. The molecular weight excluding hydrogens is 238 g/mol. The van der Waals surface area contributed by atoms with Crippen molar-refractivity contribution in [2.24, 2.45) is 0 Å². The van der Waals surface area contributed by atoms with Crippen LogP contribution in [0.5, 0.6) is 0 Å². The highest BCUT2D eigenvalue weighted by molar-refractivity contribution is 7.89. The third kappa shape index (κ3) is 4.49. The summed E-state index contributed by atoms with van der Waals surface area (Å²) in [6.45, 7) is 1.24. The molecule has 1 heterocycles. The molecule has 1 rings (SSSR count). The van der Waals surface area contributed by atoms with E-state index in [1.165, 1.54) is 4.31 Å². The van der Waals surface area contributed by atoms with E-state index in [9.17, 15) is 13.2 Å². The first-order chi connectivity index (χ1) is 7.02. The molecule has 0 N–H and O–H groups in total. The second-order valence-electron chi connectivity index (χ2n) is 3.73. The molecule has 1 aliphatic rings. The van der Waals surface area contributed by atoms with Gasteiger partial charge in [0, 0.05) is 19.5 Å². The summed E-state index contributed by atoms with van der Waals surface area (Å²) in [6, 6.07) is 0. The van der Waals surface area contributed by atoms with E-state index in [2.05, 4.69) is 0 Å². The number of carbonyl (C=O) groups is 1. The third-order valence-corrected chi connectivity index (χ3v) is 4.63. The van der Waals surface area contributed by atoms with Crippen molar-refractivity contribution in [2.75, 3.05) is 18.8 Å². The van der Waals surface area contributed by atoms with Gasteiger partial charge in [-0.25, -0.2) is 12.7 Å². The highest BCUT2D eigenvalue weighted by Crippen LogP contribution is 2.14. The fourth-order valence-corrected chi connectivity index (χ4v) is 3.38. The minimum Gasteiger partial charge on any atom is -0.281 e. The average Bonchev–Trinajstić information content (AvgIpc) is 2.18. The molecule has 1 fully saturated rings. The summed E-state index contributed by atoms with van der Waals surface area (Å²) < 4.78 is 25.0. The summed E-state index contributed by atoms with van der Waals surface area (Å²) in [6.07, 6.45) is 3.43. The maximum atomic E-state index is 11.7. The monoisotopic (exact) mass is 253 g/mol. The van der Waals surface area contributed by atoms with E-state index >= 15 is 0 Å². The molecule has 88 valence electrons. The SMILES string of the molecule is O=C(Cl)CCCS(=O)(=O)N1CCCCC1. The van der Waals surface area contributed by atoms with Gasteiger partial charge in [0.1, 0.15) is 0 Å². The van der Waals surface area contributed by atoms with Gasteiger partial charge in [-0.15, -0.1) is 0 Å². The van der Waals surface area contributed by atoms with E-state index in [0.717, 1.165) is 19.3 Å². The standard InChI is InChI=1S/C9H16ClNO3S/c10-9(12)5-4-8-15(13,14)11-6-2-1-3-7-11/h1-8H2. The van der Waals surface area contributed by atoms with Gasteiger partial charge in [-0.3, -0.25) is 4.79 Å². The van der Waals surface area contributed by atoms with Crippen LogP contribution in [0.3, 0.4) is 0 Å². The lowest BCUT2D eigenvalue weighted by Crippen LogP contribution is -2.37. The van der Waals surface area contributed by atoms with E-state index in [-0.39, 0.29) is 12.2 Å². The molecule has 0 spiro atoms. The van der Waals surface area contributed by atoms with Crippen LogP contribution in [0.25, 0.3) is 0 Å². The Kier molecular flexibility index (Phi) is 5.02. The van der Waals surface area contributed by atoms with Crippen molar-refractivity contribution in [3.05, 3.63) is 0 Å². The quantitative estimate of drug-likeness (QED) is 0.695. The van der Waals surface area contributed by atoms with Crippen LogP contribution in [0.1, 0.15) is 32.1 Å². The van der Waals surface area contributed by atoms with Gasteiger partial charge in [-0.05, 0) is 30.9 Å². The third-order valence-electron chi connectivity index (χ3n) is 2.48. The smallest absolute Gasteiger partial charge is 0.221 e. The number of hydrogen-bond donors (Lipinski definition) is 0. The molecule has 6 heteroatoms. The molecule has 0 aliphatic carbocycles. The van der Waals surface area contributed by atoms with Crippen molar-refractivity contribution in [1.29, 1.82) is 0 Å². The Morgan fingerprint density at radius 3 is 2.33 bits per heavy atom. The molecule has 1 saturated heterocycles. The van der Waals surface area contributed by atoms with Crippen molar-refractivity contribution in [3.8, 4) is 0 Å². The van der Waals surface area contributed by atoms with Gasteiger partial charge in [0.15, 0.2) is 0 Å². The van der Waals surface area contributed by atoms with Gasteiger partial charge in [0.25, 0.3) is 0 Å². The first-order valence-electron chi connectivity index (χ1n) is 5.18. The topological polar surface area (TPSA) is 54.5 Å². The van der Waals surface area contributed by atoms with Crippen molar-refractivity contribution >= 4 is 26.9 Å². The Balaban J connectivity index is 2.40. The van der Waals surface area contributed by atoms with E-state index in [1.54, 1.807) is 0 Å². The summed E-state index contributed by atoms with van der Waals surface area (Å²) in [5.41, 5.74) is 0. The van der Waals surface area contributed by atoms with Gasteiger partial charge in [-0.2, -0.15) is 0 Å². The largest absolute Gasteiger partial charge is 0.281 e. The molecule has 0 aromatic rings. The molecule has 0 radical (unpaired) electrons. The highest BCUT2D eigenvalue weighted by Gasteiger charge is 2.23. The normalized spacial score (nSPS) is 19.0. The average molecular weight is 254 g/mol. The summed E-state index contributed by atoms with van der Waals surface area (Å²) in [5.74, 6) is 0.0332. The summed E-state index contributed by atoms with van der Waals surface area (Å²) in [4.78, 5) is 10.5. The minimum absolute atomic E-state index is 0.0332. The van der Waals surface area contributed by atoms with E-state index in [0.29, 0.717) is 19.5 Å². The molecule has 0 saturated carbocycles. The summed E-state index contributed by atoms with van der Waals surface area (Å²) >= 11 is 5.15. The van der Waals surface area contributed by atoms with Crippen molar-refractivity contribution in [3.63, 3.8) is 0 Å². The number of nitrogens with zero attached hydrogens (tertiary/aromatic N) is 1. The number of hydrogen-bond acceptors (Lipinski definition) is 3. The van der Waals surface area contributed by atoms with Crippen LogP contribution in [-0.2, 0) is 14.8 Å². The molecule has 0 atom stereocenters. The lowest BCUT2D eigenvalue weighted by atomic mass is 10.2.